The van der Waals surface area contributed by atoms with Gasteiger partial charge >= 0.3 is 6.09 Å². The van der Waals surface area contributed by atoms with Gasteiger partial charge < -0.3 is 14.7 Å². The molecule has 0 saturated carbocycles. The van der Waals surface area contributed by atoms with Crippen LogP contribution in [-0.2, 0) is 4.74 Å². The molecule has 2 unspecified atom stereocenters. The molecule has 212 valence electrons. The Balaban J connectivity index is 1.10. The topological polar surface area (TPSA) is 49.8 Å². The van der Waals surface area contributed by atoms with Gasteiger partial charge in [-0.1, -0.05) is 120 Å². The van der Waals surface area contributed by atoms with Crippen molar-refractivity contribution in [1.29, 1.82) is 0 Å². The van der Waals surface area contributed by atoms with E-state index in [1.165, 1.54) is 80.0 Å². The highest BCUT2D eigenvalue weighted by Gasteiger charge is 2.47. The number of nitrogens with zero attached hydrogens (tertiary/aromatic N) is 1. The van der Waals surface area contributed by atoms with E-state index in [4.69, 9.17) is 4.74 Å². The van der Waals surface area contributed by atoms with E-state index in [0.29, 0.717) is 19.4 Å². The fraction of sp³-hybridized carbons (Fsp3) is 0.629. The summed E-state index contributed by atoms with van der Waals surface area (Å²) in [6, 6.07) is 17.2. The minimum absolute atomic E-state index is 0.0826. The summed E-state index contributed by atoms with van der Waals surface area (Å²) in [4.78, 5) is 15.5. The summed E-state index contributed by atoms with van der Waals surface area (Å²) in [7, 11) is 0. The van der Waals surface area contributed by atoms with E-state index in [0.717, 1.165) is 32.1 Å². The monoisotopic (exact) mass is 531 g/mol. The maximum atomic E-state index is 13.5. The Morgan fingerprint density at radius 1 is 0.821 bits per heavy atom. The van der Waals surface area contributed by atoms with Gasteiger partial charge in [0.15, 0.2) is 0 Å². The molecule has 1 aliphatic carbocycles. The van der Waals surface area contributed by atoms with Crippen LogP contribution in [0.2, 0.25) is 0 Å². The first-order valence-corrected chi connectivity index (χ1v) is 16.0. The minimum Gasteiger partial charge on any atom is -0.448 e. The largest absolute Gasteiger partial charge is 0.448 e. The van der Waals surface area contributed by atoms with Crippen LogP contribution < -0.4 is 0 Å². The molecule has 0 radical (unpaired) electrons. The van der Waals surface area contributed by atoms with Crippen molar-refractivity contribution in [1.82, 2.24) is 4.90 Å². The van der Waals surface area contributed by atoms with Crippen molar-refractivity contribution in [2.24, 2.45) is 0 Å². The van der Waals surface area contributed by atoms with Crippen LogP contribution in [-0.4, -0.2) is 40.4 Å². The van der Waals surface area contributed by atoms with Gasteiger partial charge in [0, 0.05) is 18.0 Å². The molecule has 3 aliphatic rings. The first-order valence-electron chi connectivity index (χ1n) is 16.0. The Kier molecular flexibility index (Phi) is 9.66. The molecule has 2 atom stereocenters. The molecule has 0 spiro atoms. The normalized spacial score (nSPS) is 23.9. The molecule has 1 N–H and O–H groups in total. The third kappa shape index (κ3) is 6.70. The Bertz CT molecular complexity index is 1020. The number of piperidine rings is 2. The zero-order chi connectivity index (χ0) is 27.1. The van der Waals surface area contributed by atoms with E-state index >= 15 is 0 Å². The van der Waals surface area contributed by atoms with Crippen molar-refractivity contribution < 1.29 is 14.6 Å². The van der Waals surface area contributed by atoms with Gasteiger partial charge in [-0.2, -0.15) is 0 Å². The molecule has 4 nitrogen and oxygen atoms in total. The molecule has 0 aromatic heterocycles. The molecule has 2 saturated heterocycles. The SMILES string of the molecule is CCCCCCCCCCCCC1(O)CC2CCCC(C1)N2C(=O)OCC1c2ccccc2-c2ccccc21. The molecule has 4 heteroatoms. The van der Waals surface area contributed by atoms with Crippen molar-refractivity contribution in [3.63, 3.8) is 0 Å². The number of ether oxygens (including phenoxy) is 1. The molecule has 2 aromatic rings. The van der Waals surface area contributed by atoms with Crippen LogP contribution in [0.15, 0.2) is 48.5 Å². The van der Waals surface area contributed by atoms with Crippen LogP contribution in [0.3, 0.4) is 0 Å². The lowest BCUT2D eigenvalue weighted by Gasteiger charge is -2.51. The molecular formula is C35H49NO3. The second-order valence-corrected chi connectivity index (χ2v) is 12.5. The number of hydrogen-bond donors (Lipinski definition) is 1. The first-order chi connectivity index (χ1) is 19.1. The number of rotatable bonds is 13. The zero-order valence-electron chi connectivity index (χ0n) is 24.1. The van der Waals surface area contributed by atoms with Gasteiger partial charge in [-0.3, -0.25) is 0 Å². The predicted molar refractivity (Wildman–Crippen MR) is 159 cm³/mol. The van der Waals surface area contributed by atoms with Crippen molar-refractivity contribution in [3.05, 3.63) is 59.7 Å². The summed E-state index contributed by atoms with van der Waals surface area (Å²) in [5.41, 5.74) is 4.37. The summed E-state index contributed by atoms with van der Waals surface area (Å²) in [5.74, 6) is 0.0826. The Hall–Kier alpha value is -2.33. The van der Waals surface area contributed by atoms with Gasteiger partial charge in [0.2, 0.25) is 0 Å². The highest BCUT2D eigenvalue weighted by Crippen LogP contribution is 2.45. The van der Waals surface area contributed by atoms with E-state index in [-0.39, 0.29) is 24.1 Å². The van der Waals surface area contributed by atoms with Gasteiger partial charge in [0.05, 0.1) is 5.60 Å². The van der Waals surface area contributed by atoms with Gasteiger partial charge in [-0.05, 0) is 60.8 Å². The average molecular weight is 532 g/mol. The summed E-state index contributed by atoms with van der Waals surface area (Å²) in [6.45, 7) is 2.64. The lowest BCUT2D eigenvalue weighted by molar-refractivity contribution is -0.0894. The van der Waals surface area contributed by atoms with E-state index in [9.17, 15) is 9.90 Å². The molecule has 1 amide bonds. The first kappa shape index (κ1) is 28.2. The van der Waals surface area contributed by atoms with E-state index in [1.54, 1.807) is 0 Å². The third-order valence-electron chi connectivity index (χ3n) is 9.64. The second kappa shape index (κ2) is 13.4. The van der Waals surface area contributed by atoms with Crippen LogP contribution in [0.4, 0.5) is 4.79 Å². The Morgan fingerprint density at radius 3 is 1.90 bits per heavy atom. The number of carbonyl (C=O) groups excluding carboxylic acids is 1. The van der Waals surface area contributed by atoms with Crippen LogP contribution in [0.5, 0.6) is 0 Å². The van der Waals surface area contributed by atoms with Crippen LogP contribution in [0.1, 0.15) is 127 Å². The molecule has 2 aromatic carbocycles. The van der Waals surface area contributed by atoms with Gasteiger partial charge in [0.25, 0.3) is 0 Å². The average Bonchev–Trinajstić information content (AvgIpc) is 3.26. The van der Waals surface area contributed by atoms with Crippen LogP contribution in [0, 0.1) is 0 Å². The van der Waals surface area contributed by atoms with Crippen molar-refractivity contribution >= 4 is 6.09 Å². The van der Waals surface area contributed by atoms with Crippen LogP contribution in [0.25, 0.3) is 11.1 Å². The number of amides is 1. The molecule has 2 aliphatic heterocycles. The summed E-state index contributed by atoms with van der Waals surface area (Å²) in [5, 5.41) is 11.5. The zero-order valence-corrected chi connectivity index (χ0v) is 24.1. The molecule has 2 fully saturated rings. The van der Waals surface area contributed by atoms with Crippen LogP contribution >= 0.6 is 0 Å². The standard InChI is InChI=1S/C35H49NO3/c1-2-3-4-5-6-7-8-9-10-15-23-35(38)24-27-17-16-18-28(25-35)36(27)34(37)39-26-33-31-21-13-11-19-29(31)30-20-12-14-22-32(30)33/h11-14,19-22,27-28,33,38H,2-10,15-18,23-26H2,1H3. The lowest BCUT2D eigenvalue weighted by Crippen LogP contribution is -2.60. The third-order valence-corrected chi connectivity index (χ3v) is 9.64. The fourth-order valence-electron chi connectivity index (χ4n) is 7.64. The summed E-state index contributed by atoms with van der Waals surface area (Å²) >= 11 is 0. The lowest BCUT2D eigenvalue weighted by atomic mass is 9.73. The number of carbonyl (C=O) groups is 1. The molecule has 2 heterocycles. The van der Waals surface area contributed by atoms with E-state index in [1.807, 2.05) is 4.90 Å². The Labute approximate surface area is 236 Å². The number of hydrogen-bond acceptors (Lipinski definition) is 3. The summed E-state index contributed by atoms with van der Waals surface area (Å²) < 4.78 is 6.06. The smallest absolute Gasteiger partial charge is 0.410 e. The molecule has 5 rings (SSSR count). The van der Waals surface area contributed by atoms with Gasteiger partial charge in [0.1, 0.15) is 6.61 Å². The highest BCUT2D eigenvalue weighted by atomic mass is 16.6. The second-order valence-electron chi connectivity index (χ2n) is 12.5. The maximum Gasteiger partial charge on any atom is 0.410 e. The van der Waals surface area contributed by atoms with Gasteiger partial charge in [-0.15, -0.1) is 0 Å². The molecular weight excluding hydrogens is 482 g/mol. The number of fused-ring (bicyclic) bond motifs is 5. The maximum absolute atomic E-state index is 13.5. The number of aliphatic hydroxyl groups is 1. The van der Waals surface area contributed by atoms with E-state index in [2.05, 4.69) is 55.5 Å². The highest BCUT2D eigenvalue weighted by molar-refractivity contribution is 5.79. The van der Waals surface area contributed by atoms with Gasteiger partial charge in [-0.25, -0.2) is 4.79 Å². The predicted octanol–water partition coefficient (Wildman–Crippen LogP) is 8.99. The van der Waals surface area contributed by atoms with Crippen molar-refractivity contribution in [2.75, 3.05) is 6.61 Å². The number of benzene rings is 2. The molecule has 2 bridgehead atoms. The number of unbranched alkanes of at least 4 members (excludes halogenated alkanes) is 9. The fourth-order valence-corrected chi connectivity index (χ4v) is 7.64. The van der Waals surface area contributed by atoms with Crippen molar-refractivity contribution in [2.45, 2.75) is 133 Å². The quantitative estimate of drug-likeness (QED) is 0.262. The Morgan fingerprint density at radius 2 is 1.33 bits per heavy atom. The van der Waals surface area contributed by atoms with Crippen molar-refractivity contribution in [3.8, 4) is 11.1 Å². The van der Waals surface area contributed by atoms with E-state index < -0.39 is 5.60 Å². The summed E-state index contributed by atoms with van der Waals surface area (Å²) in [6.07, 6.45) is 18.3. The molecule has 39 heavy (non-hydrogen) atoms. The minimum atomic E-state index is -0.629.